The Balaban J connectivity index is 1.19. The minimum atomic E-state index is -0.753. The fourth-order valence-electron chi connectivity index (χ4n) is 5.82. The van der Waals surface area contributed by atoms with Gasteiger partial charge in [-0.3, -0.25) is 0 Å². The van der Waals surface area contributed by atoms with E-state index in [2.05, 4.69) is 42.7 Å². The van der Waals surface area contributed by atoms with Gasteiger partial charge >= 0.3 is 5.97 Å². The number of esters is 1. The number of methoxy groups -OCH3 is 1. The van der Waals surface area contributed by atoms with Crippen LogP contribution in [0.15, 0.2) is 46.7 Å². The molecule has 0 unspecified atom stereocenters. The van der Waals surface area contributed by atoms with E-state index in [1.807, 2.05) is 26.0 Å². The lowest BCUT2D eigenvalue weighted by Crippen LogP contribution is -2.56. The summed E-state index contributed by atoms with van der Waals surface area (Å²) < 4.78 is 11.5. The molecule has 0 radical (unpaired) electrons. The van der Waals surface area contributed by atoms with Crippen molar-refractivity contribution in [2.45, 2.75) is 60.7 Å². The van der Waals surface area contributed by atoms with Crippen molar-refractivity contribution in [3.63, 3.8) is 0 Å². The van der Waals surface area contributed by atoms with Crippen molar-refractivity contribution < 1.29 is 19.4 Å². The highest BCUT2D eigenvalue weighted by atomic mass is 35.5. The highest BCUT2D eigenvalue weighted by Crippen LogP contribution is 2.49. The second-order valence-corrected chi connectivity index (χ2v) is 12.9. The number of rotatable bonds is 6. The number of hydrogen-bond acceptors (Lipinski definition) is 11. The van der Waals surface area contributed by atoms with E-state index in [0.29, 0.717) is 53.7 Å². The monoisotopic (exact) mass is 596 g/mol. The summed E-state index contributed by atoms with van der Waals surface area (Å²) in [4.78, 5) is 36.0. The van der Waals surface area contributed by atoms with Gasteiger partial charge in [0.1, 0.15) is 16.4 Å². The predicted octanol–water partition coefficient (Wildman–Crippen LogP) is 4.60. The third-order valence-corrected chi connectivity index (χ3v) is 10.1. The molecule has 2 fully saturated rings. The second-order valence-electron chi connectivity index (χ2n) is 11.4. The van der Waals surface area contributed by atoms with Gasteiger partial charge < -0.3 is 24.4 Å². The van der Waals surface area contributed by atoms with Crippen molar-refractivity contribution >= 4 is 41.0 Å². The van der Waals surface area contributed by atoms with Crippen LogP contribution in [0.3, 0.4) is 0 Å². The number of aliphatic hydroxyl groups is 1. The molecule has 216 valence electrons. The van der Waals surface area contributed by atoms with Crippen molar-refractivity contribution in [3.05, 3.63) is 53.1 Å². The van der Waals surface area contributed by atoms with Crippen LogP contribution in [0.25, 0.3) is 0 Å². The summed E-state index contributed by atoms with van der Waals surface area (Å²) in [5.41, 5.74) is 0.235. The number of ether oxygens (including phenoxy) is 2. The Bertz CT molecular complexity index is 1470. The summed E-state index contributed by atoms with van der Waals surface area (Å²) in [6.45, 7) is 8.50. The van der Waals surface area contributed by atoms with Crippen LogP contribution in [0.5, 0.6) is 5.88 Å². The number of halogens is 1. The number of anilines is 2. The van der Waals surface area contributed by atoms with E-state index in [-0.39, 0.29) is 23.1 Å². The molecule has 6 rings (SSSR count). The van der Waals surface area contributed by atoms with Crippen LogP contribution >= 0.6 is 23.4 Å². The molecule has 0 aliphatic carbocycles. The van der Waals surface area contributed by atoms with E-state index in [4.69, 9.17) is 21.1 Å². The maximum Gasteiger partial charge on any atom is 0.360 e. The maximum absolute atomic E-state index is 12.8. The van der Waals surface area contributed by atoms with Crippen LogP contribution in [0.2, 0.25) is 5.02 Å². The van der Waals surface area contributed by atoms with Crippen LogP contribution in [0.1, 0.15) is 55.6 Å². The Hall–Kier alpha value is -3.15. The summed E-state index contributed by atoms with van der Waals surface area (Å²) in [6.07, 6.45) is 6.66. The molecule has 0 saturated carbocycles. The molecule has 3 aromatic heterocycles. The van der Waals surface area contributed by atoms with Gasteiger partial charge in [0.15, 0.2) is 11.5 Å². The molecule has 3 aromatic rings. The fourth-order valence-corrected chi connectivity index (χ4v) is 6.95. The first-order valence-corrected chi connectivity index (χ1v) is 14.9. The number of hydrogen-bond donors (Lipinski definition) is 1. The quantitative estimate of drug-likeness (QED) is 0.403. The average molecular weight is 597 g/mol. The van der Waals surface area contributed by atoms with Gasteiger partial charge in [-0.2, -0.15) is 0 Å². The molecule has 10 nitrogen and oxygen atoms in total. The maximum atomic E-state index is 12.8. The molecule has 12 heteroatoms. The SMILES string of the molecule is COC(=O)c1nc(Sc2ccnc(N3CC(C(C)(C)O)C3)c2Cl)cnc1N1CCC2(CC1)Oc1ncccc1[C@H]2C. The molecule has 3 aliphatic rings. The molecule has 2 saturated heterocycles. The van der Waals surface area contributed by atoms with E-state index < -0.39 is 11.6 Å². The average Bonchev–Trinajstić information content (AvgIpc) is 3.20. The van der Waals surface area contributed by atoms with Gasteiger partial charge in [-0.25, -0.2) is 24.7 Å². The molecule has 6 heterocycles. The Morgan fingerprint density at radius 2 is 1.90 bits per heavy atom. The van der Waals surface area contributed by atoms with E-state index in [0.717, 1.165) is 23.3 Å². The van der Waals surface area contributed by atoms with Gasteiger partial charge in [-0.15, -0.1) is 0 Å². The standard InChI is InChI=1S/C29H33ClN6O4S/c1-17-19-6-5-10-32-26(19)40-29(17)8-12-35(13-9-29)25-23(27(37)39-4)34-21(14-33-25)41-20-7-11-31-24(22(20)30)36-15-18(16-36)28(2,3)38/h5-7,10-11,14,17-18,38H,8-9,12-13,15-16H2,1-4H3/t17-/m1/s1. The second kappa shape index (κ2) is 10.6. The molecule has 41 heavy (non-hydrogen) atoms. The molecule has 1 N–H and O–H groups in total. The van der Waals surface area contributed by atoms with Crippen LogP contribution in [0, 0.1) is 5.92 Å². The van der Waals surface area contributed by atoms with Gasteiger partial charge in [-0.1, -0.05) is 36.4 Å². The van der Waals surface area contributed by atoms with Gasteiger partial charge in [0.05, 0.1) is 23.9 Å². The van der Waals surface area contributed by atoms with Crippen molar-refractivity contribution in [3.8, 4) is 5.88 Å². The topological polar surface area (TPSA) is 114 Å². The zero-order chi connectivity index (χ0) is 28.9. The molecule has 0 amide bonds. The lowest BCUT2D eigenvalue weighted by atomic mass is 9.79. The molecule has 1 atom stereocenters. The number of pyridine rings is 2. The molecular weight excluding hydrogens is 564 g/mol. The first-order valence-electron chi connectivity index (χ1n) is 13.7. The summed E-state index contributed by atoms with van der Waals surface area (Å²) in [7, 11) is 1.34. The molecule has 1 spiro atoms. The number of aromatic nitrogens is 4. The zero-order valence-electron chi connectivity index (χ0n) is 23.5. The summed E-state index contributed by atoms with van der Waals surface area (Å²) >= 11 is 8.08. The Labute approximate surface area is 248 Å². The van der Waals surface area contributed by atoms with Gasteiger partial charge in [0.2, 0.25) is 5.88 Å². The van der Waals surface area contributed by atoms with Crippen LogP contribution in [0.4, 0.5) is 11.6 Å². The van der Waals surface area contributed by atoms with E-state index in [1.54, 1.807) is 18.6 Å². The van der Waals surface area contributed by atoms with Crippen LogP contribution < -0.4 is 14.5 Å². The Morgan fingerprint density at radius 1 is 1.15 bits per heavy atom. The third kappa shape index (κ3) is 5.08. The predicted molar refractivity (Wildman–Crippen MR) is 156 cm³/mol. The summed E-state index contributed by atoms with van der Waals surface area (Å²) in [5, 5.41) is 11.3. The summed E-state index contributed by atoms with van der Waals surface area (Å²) in [5.74, 6) is 1.71. The molecule has 3 aliphatic heterocycles. The number of piperidine rings is 1. The van der Waals surface area contributed by atoms with E-state index in [9.17, 15) is 9.90 Å². The van der Waals surface area contributed by atoms with E-state index in [1.165, 1.54) is 18.9 Å². The molecule has 0 bridgehead atoms. The lowest BCUT2D eigenvalue weighted by Gasteiger charge is -2.46. The van der Waals surface area contributed by atoms with Gasteiger partial charge in [0, 0.05) is 73.7 Å². The third-order valence-electron chi connectivity index (χ3n) is 8.61. The Kier molecular flexibility index (Phi) is 7.24. The highest BCUT2D eigenvalue weighted by molar-refractivity contribution is 7.99. The van der Waals surface area contributed by atoms with Crippen molar-refractivity contribution in [2.24, 2.45) is 5.92 Å². The first-order chi connectivity index (χ1) is 19.6. The van der Waals surface area contributed by atoms with Crippen LogP contribution in [-0.4, -0.2) is 75.5 Å². The number of carbonyl (C=O) groups excluding carboxylic acids is 1. The van der Waals surface area contributed by atoms with Crippen LogP contribution in [-0.2, 0) is 4.74 Å². The normalized spacial score (nSPS) is 20.0. The highest BCUT2D eigenvalue weighted by Gasteiger charge is 2.49. The first kappa shape index (κ1) is 28.0. The van der Waals surface area contributed by atoms with Crippen molar-refractivity contribution in [2.75, 3.05) is 43.1 Å². The van der Waals surface area contributed by atoms with Crippen molar-refractivity contribution in [1.29, 1.82) is 0 Å². The fraction of sp³-hybridized carbons (Fsp3) is 0.483. The molecule has 0 aromatic carbocycles. The van der Waals surface area contributed by atoms with E-state index >= 15 is 0 Å². The number of carbonyl (C=O) groups is 1. The van der Waals surface area contributed by atoms with Crippen molar-refractivity contribution in [1.82, 2.24) is 19.9 Å². The smallest absolute Gasteiger partial charge is 0.360 e. The largest absolute Gasteiger partial charge is 0.470 e. The Morgan fingerprint density at radius 3 is 2.59 bits per heavy atom. The lowest BCUT2D eigenvalue weighted by molar-refractivity contribution is 0.00437. The minimum absolute atomic E-state index is 0.151. The summed E-state index contributed by atoms with van der Waals surface area (Å²) in [6, 6.07) is 5.85. The van der Waals surface area contributed by atoms with Gasteiger partial charge in [-0.05, 0) is 26.0 Å². The van der Waals surface area contributed by atoms with Gasteiger partial charge in [0.25, 0.3) is 0 Å². The zero-order valence-corrected chi connectivity index (χ0v) is 25.1. The number of nitrogens with zero attached hydrogens (tertiary/aromatic N) is 6. The number of fused-ring (bicyclic) bond motifs is 1. The minimum Gasteiger partial charge on any atom is -0.470 e. The molecular formula is C29H33ClN6O4S.